The number of hydrogen-bond acceptors (Lipinski definition) is 4. The smallest absolute Gasteiger partial charge is 0.132 e. The van der Waals surface area contributed by atoms with Crippen LogP contribution in [0.5, 0.6) is 0 Å². The van der Waals surface area contributed by atoms with Gasteiger partial charge in [0.2, 0.25) is 0 Å². The van der Waals surface area contributed by atoms with Gasteiger partial charge in [-0.05, 0) is 25.2 Å². The molecule has 2 unspecified atom stereocenters. The van der Waals surface area contributed by atoms with Gasteiger partial charge in [-0.25, -0.2) is 9.97 Å². The molecule has 2 N–H and O–H groups in total. The third kappa shape index (κ3) is 4.09. The fourth-order valence-corrected chi connectivity index (χ4v) is 2.79. The van der Waals surface area contributed by atoms with Crippen LogP contribution in [-0.2, 0) is 6.42 Å². The first-order valence-electron chi connectivity index (χ1n) is 8.11. The molecule has 1 saturated carbocycles. The maximum absolute atomic E-state index is 4.63. The minimum Gasteiger partial charge on any atom is -0.370 e. The molecule has 1 aromatic rings. The number of aryl methyl sites for hydroxylation is 1. The molecule has 112 valence electrons. The van der Waals surface area contributed by atoms with Crippen LogP contribution in [-0.4, -0.2) is 22.6 Å². The normalized spacial score (nSPS) is 22.6. The third-order valence-corrected chi connectivity index (χ3v) is 4.09. The van der Waals surface area contributed by atoms with Crippen LogP contribution in [0.2, 0.25) is 0 Å². The molecule has 20 heavy (non-hydrogen) atoms. The van der Waals surface area contributed by atoms with E-state index in [9.17, 15) is 0 Å². The predicted molar refractivity (Wildman–Crippen MR) is 85.2 cm³/mol. The second-order valence-electron chi connectivity index (χ2n) is 5.85. The zero-order chi connectivity index (χ0) is 14.4. The van der Waals surface area contributed by atoms with Gasteiger partial charge in [0.15, 0.2) is 0 Å². The summed E-state index contributed by atoms with van der Waals surface area (Å²) < 4.78 is 0. The number of nitrogens with zero attached hydrogens (tertiary/aromatic N) is 2. The van der Waals surface area contributed by atoms with Crippen LogP contribution >= 0.6 is 0 Å². The summed E-state index contributed by atoms with van der Waals surface area (Å²) in [4.78, 5) is 9.17. The summed E-state index contributed by atoms with van der Waals surface area (Å²) in [6.45, 7) is 7.57. The standard InChI is InChI=1S/C16H28N4/c1-4-10-17-15-11-16(20-14(5-2)19-15)18-13-9-7-6-8-12(13)3/h11-13H,4-10H2,1-3H3,(H2,17,18,19,20). The number of rotatable bonds is 6. The van der Waals surface area contributed by atoms with Gasteiger partial charge in [-0.15, -0.1) is 0 Å². The molecular formula is C16H28N4. The van der Waals surface area contributed by atoms with Crippen LogP contribution < -0.4 is 10.6 Å². The van der Waals surface area contributed by atoms with Crippen LogP contribution in [0.4, 0.5) is 11.6 Å². The highest BCUT2D eigenvalue weighted by atomic mass is 15.1. The van der Waals surface area contributed by atoms with Crippen molar-refractivity contribution < 1.29 is 0 Å². The Morgan fingerprint density at radius 2 is 1.90 bits per heavy atom. The second kappa shape index (κ2) is 7.46. The first-order chi connectivity index (χ1) is 9.72. The number of nitrogens with one attached hydrogen (secondary N) is 2. The minimum atomic E-state index is 0.558. The van der Waals surface area contributed by atoms with Crippen LogP contribution in [0.15, 0.2) is 6.07 Å². The van der Waals surface area contributed by atoms with E-state index in [0.29, 0.717) is 6.04 Å². The van der Waals surface area contributed by atoms with Crippen molar-refractivity contribution in [3.8, 4) is 0 Å². The summed E-state index contributed by atoms with van der Waals surface area (Å²) in [5, 5.41) is 7.00. The predicted octanol–water partition coefficient (Wildman–Crippen LogP) is 3.85. The van der Waals surface area contributed by atoms with Crippen molar-refractivity contribution in [2.75, 3.05) is 17.2 Å². The third-order valence-electron chi connectivity index (χ3n) is 4.09. The Hall–Kier alpha value is -1.32. The molecule has 0 amide bonds. The lowest BCUT2D eigenvalue weighted by atomic mass is 9.86. The van der Waals surface area contributed by atoms with Crippen molar-refractivity contribution >= 4 is 11.6 Å². The molecule has 2 atom stereocenters. The minimum absolute atomic E-state index is 0.558. The summed E-state index contributed by atoms with van der Waals surface area (Å²) in [7, 11) is 0. The van der Waals surface area contributed by atoms with E-state index < -0.39 is 0 Å². The fraction of sp³-hybridized carbons (Fsp3) is 0.750. The van der Waals surface area contributed by atoms with E-state index in [2.05, 4.69) is 47.4 Å². The summed E-state index contributed by atoms with van der Waals surface area (Å²) in [6, 6.07) is 2.61. The van der Waals surface area contributed by atoms with Crippen LogP contribution in [0.3, 0.4) is 0 Å². The molecule has 0 bridgehead atoms. The van der Waals surface area contributed by atoms with Crippen molar-refractivity contribution in [3.05, 3.63) is 11.9 Å². The molecule has 2 rings (SSSR count). The molecule has 1 aromatic heterocycles. The van der Waals surface area contributed by atoms with E-state index >= 15 is 0 Å². The van der Waals surface area contributed by atoms with E-state index in [1.807, 2.05) is 0 Å². The molecular weight excluding hydrogens is 248 g/mol. The maximum atomic E-state index is 4.63. The quantitative estimate of drug-likeness (QED) is 0.828. The first kappa shape index (κ1) is 15.1. The van der Waals surface area contributed by atoms with Crippen LogP contribution in [0, 0.1) is 5.92 Å². The zero-order valence-corrected chi connectivity index (χ0v) is 13.1. The highest BCUT2D eigenvalue weighted by Gasteiger charge is 2.21. The topological polar surface area (TPSA) is 49.8 Å². The van der Waals surface area contributed by atoms with E-state index in [0.717, 1.165) is 42.8 Å². The molecule has 1 fully saturated rings. The van der Waals surface area contributed by atoms with Crippen molar-refractivity contribution in [1.82, 2.24) is 9.97 Å². The Kier molecular flexibility index (Phi) is 5.62. The van der Waals surface area contributed by atoms with Gasteiger partial charge < -0.3 is 10.6 Å². The fourth-order valence-electron chi connectivity index (χ4n) is 2.79. The molecule has 1 aliphatic rings. The first-order valence-corrected chi connectivity index (χ1v) is 8.11. The van der Waals surface area contributed by atoms with Crippen molar-refractivity contribution in [1.29, 1.82) is 0 Å². The van der Waals surface area contributed by atoms with Crippen molar-refractivity contribution in [2.24, 2.45) is 5.92 Å². The lowest BCUT2D eigenvalue weighted by molar-refractivity contribution is 0.349. The molecule has 0 radical (unpaired) electrons. The summed E-state index contributed by atoms with van der Waals surface area (Å²) in [6.07, 6.45) is 7.25. The second-order valence-corrected chi connectivity index (χ2v) is 5.85. The van der Waals surface area contributed by atoms with E-state index in [1.54, 1.807) is 0 Å². The number of aromatic nitrogens is 2. The van der Waals surface area contributed by atoms with Gasteiger partial charge in [0, 0.05) is 25.1 Å². The Bertz CT molecular complexity index is 419. The molecule has 0 spiro atoms. The molecule has 1 heterocycles. The van der Waals surface area contributed by atoms with E-state index in [4.69, 9.17) is 0 Å². The van der Waals surface area contributed by atoms with Gasteiger partial charge in [-0.1, -0.05) is 33.6 Å². The summed E-state index contributed by atoms with van der Waals surface area (Å²) >= 11 is 0. The Balaban J connectivity index is 2.08. The number of hydrogen-bond donors (Lipinski definition) is 2. The molecule has 4 nitrogen and oxygen atoms in total. The van der Waals surface area contributed by atoms with Gasteiger partial charge in [-0.3, -0.25) is 0 Å². The highest BCUT2D eigenvalue weighted by Crippen LogP contribution is 2.26. The average Bonchev–Trinajstić information content (AvgIpc) is 2.47. The summed E-state index contributed by atoms with van der Waals surface area (Å²) in [5.74, 6) is 3.58. The molecule has 0 saturated heterocycles. The summed E-state index contributed by atoms with van der Waals surface area (Å²) in [5.41, 5.74) is 0. The van der Waals surface area contributed by atoms with Gasteiger partial charge >= 0.3 is 0 Å². The lowest BCUT2D eigenvalue weighted by Gasteiger charge is -2.30. The molecule has 0 aliphatic heterocycles. The lowest BCUT2D eigenvalue weighted by Crippen LogP contribution is -2.30. The van der Waals surface area contributed by atoms with E-state index in [1.165, 1.54) is 25.7 Å². The van der Waals surface area contributed by atoms with Gasteiger partial charge in [0.05, 0.1) is 0 Å². The maximum Gasteiger partial charge on any atom is 0.132 e. The monoisotopic (exact) mass is 276 g/mol. The van der Waals surface area contributed by atoms with Crippen molar-refractivity contribution in [3.63, 3.8) is 0 Å². The van der Waals surface area contributed by atoms with Crippen LogP contribution in [0.25, 0.3) is 0 Å². The SMILES string of the molecule is CCCNc1cc(NC2CCCCC2C)nc(CC)n1. The molecule has 0 aromatic carbocycles. The van der Waals surface area contributed by atoms with Gasteiger partial charge in [0.1, 0.15) is 17.5 Å². The van der Waals surface area contributed by atoms with Crippen molar-refractivity contribution in [2.45, 2.75) is 65.3 Å². The molecule has 4 heteroatoms. The average molecular weight is 276 g/mol. The van der Waals surface area contributed by atoms with Gasteiger partial charge in [-0.2, -0.15) is 0 Å². The van der Waals surface area contributed by atoms with Gasteiger partial charge in [0.25, 0.3) is 0 Å². The van der Waals surface area contributed by atoms with E-state index in [-0.39, 0.29) is 0 Å². The Morgan fingerprint density at radius 3 is 2.60 bits per heavy atom. The Morgan fingerprint density at radius 1 is 1.15 bits per heavy atom. The van der Waals surface area contributed by atoms with Crippen LogP contribution in [0.1, 0.15) is 58.7 Å². The molecule has 1 aliphatic carbocycles. The Labute approximate surface area is 122 Å². The zero-order valence-electron chi connectivity index (χ0n) is 13.1. The highest BCUT2D eigenvalue weighted by molar-refractivity contribution is 5.48. The number of anilines is 2. The largest absolute Gasteiger partial charge is 0.370 e.